The van der Waals surface area contributed by atoms with Crippen molar-refractivity contribution in [2.75, 3.05) is 23.3 Å². The Bertz CT molecular complexity index is 540. The van der Waals surface area contributed by atoms with Gasteiger partial charge in [-0.25, -0.2) is 8.42 Å². The van der Waals surface area contributed by atoms with E-state index < -0.39 is 16.0 Å². The first-order chi connectivity index (χ1) is 8.34. The van der Waals surface area contributed by atoms with Gasteiger partial charge in [0.15, 0.2) is 0 Å². The van der Waals surface area contributed by atoms with E-state index in [1.54, 1.807) is 18.2 Å². The normalized spacial score (nSPS) is 11.0. The summed E-state index contributed by atoms with van der Waals surface area (Å²) < 4.78 is 30.1. The van der Waals surface area contributed by atoms with Crippen LogP contribution in [-0.2, 0) is 19.6 Å². The number of hydrogen-bond acceptors (Lipinski definition) is 5. The number of nitrogens with one attached hydrogen (secondary N) is 1. The lowest BCUT2D eigenvalue weighted by atomic mass is 10.2. The summed E-state index contributed by atoms with van der Waals surface area (Å²) in [5, 5.41) is 0. The molecule has 0 aliphatic rings. The number of carbonyl (C=O) groups is 1. The monoisotopic (exact) mass is 272 g/mol. The number of methoxy groups -OCH3 is 1. The lowest BCUT2D eigenvalue weighted by molar-refractivity contribution is -0.140. The maximum atomic E-state index is 11.7. The molecule has 1 rings (SSSR count). The molecule has 0 saturated carbocycles. The van der Waals surface area contributed by atoms with E-state index in [-0.39, 0.29) is 12.2 Å². The number of aryl methyl sites for hydroxylation is 1. The van der Waals surface area contributed by atoms with Crippen molar-refractivity contribution in [3.8, 4) is 0 Å². The number of carbonyl (C=O) groups excluding carboxylic acids is 1. The van der Waals surface area contributed by atoms with Gasteiger partial charge in [0.1, 0.15) is 0 Å². The van der Waals surface area contributed by atoms with E-state index in [1.807, 2.05) is 6.92 Å². The smallest absolute Gasteiger partial charge is 0.306 e. The van der Waals surface area contributed by atoms with Crippen molar-refractivity contribution in [3.05, 3.63) is 23.8 Å². The summed E-state index contributed by atoms with van der Waals surface area (Å²) in [7, 11) is -2.40. The van der Waals surface area contributed by atoms with Gasteiger partial charge in [-0.2, -0.15) is 0 Å². The van der Waals surface area contributed by atoms with E-state index in [0.717, 1.165) is 5.56 Å². The highest BCUT2D eigenvalue weighted by Gasteiger charge is 2.15. The van der Waals surface area contributed by atoms with Crippen molar-refractivity contribution >= 4 is 27.4 Å². The van der Waals surface area contributed by atoms with E-state index in [0.29, 0.717) is 11.4 Å². The lowest BCUT2D eigenvalue weighted by Crippen LogP contribution is -2.20. The van der Waals surface area contributed by atoms with Gasteiger partial charge >= 0.3 is 5.97 Å². The first kappa shape index (κ1) is 14.3. The number of nitrogens with two attached hydrogens (primary N) is 1. The van der Waals surface area contributed by atoms with Crippen LogP contribution in [0.3, 0.4) is 0 Å². The second-order valence-corrected chi connectivity index (χ2v) is 5.68. The Morgan fingerprint density at radius 1 is 1.44 bits per heavy atom. The molecular formula is C11H16N2O4S. The molecule has 0 radical (unpaired) electrons. The summed E-state index contributed by atoms with van der Waals surface area (Å²) in [6, 6.07) is 5.03. The van der Waals surface area contributed by atoms with Crippen molar-refractivity contribution in [2.24, 2.45) is 0 Å². The van der Waals surface area contributed by atoms with Gasteiger partial charge in [-0.05, 0) is 24.6 Å². The van der Waals surface area contributed by atoms with Crippen molar-refractivity contribution in [2.45, 2.75) is 13.3 Å². The fourth-order valence-corrected chi connectivity index (χ4v) is 2.35. The van der Waals surface area contributed by atoms with E-state index in [1.165, 1.54) is 7.11 Å². The molecule has 0 atom stereocenters. The van der Waals surface area contributed by atoms with Crippen LogP contribution in [0.15, 0.2) is 18.2 Å². The Kier molecular flexibility index (Phi) is 4.55. The van der Waals surface area contributed by atoms with Crippen molar-refractivity contribution in [1.29, 1.82) is 0 Å². The summed E-state index contributed by atoms with van der Waals surface area (Å²) >= 11 is 0. The van der Waals surface area contributed by atoms with Crippen molar-refractivity contribution < 1.29 is 17.9 Å². The number of ether oxygens (including phenoxy) is 1. The molecule has 0 spiro atoms. The Morgan fingerprint density at radius 3 is 2.72 bits per heavy atom. The topological polar surface area (TPSA) is 98.5 Å². The van der Waals surface area contributed by atoms with E-state index in [4.69, 9.17) is 5.73 Å². The van der Waals surface area contributed by atoms with Crippen LogP contribution in [0, 0.1) is 6.92 Å². The van der Waals surface area contributed by atoms with Crippen LogP contribution in [0.4, 0.5) is 11.4 Å². The van der Waals surface area contributed by atoms with E-state index >= 15 is 0 Å². The SMILES string of the molecule is COC(=O)CCS(=O)(=O)Nc1cc(C)ccc1N. The van der Waals surface area contributed by atoms with Gasteiger partial charge in [-0.3, -0.25) is 9.52 Å². The number of sulfonamides is 1. The maximum Gasteiger partial charge on any atom is 0.306 e. The van der Waals surface area contributed by atoms with Gasteiger partial charge in [0.2, 0.25) is 10.0 Å². The molecular weight excluding hydrogens is 256 g/mol. The minimum atomic E-state index is -3.61. The number of rotatable bonds is 5. The number of hydrogen-bond donors (Lipinski definition) is 2. The van der Waals surface area contributed by atoms with Crippen LogP contribution in [-0.4, -0.2) is 27.2 Å². The summed E-state index contributed by atoms with van der Waals surface area (Å²) in [5.41, 5.74) is 7.20. The molecule has 100 valence electrons. The lowest BCUT2D eigenvalue weighted by Gasteiger charge is -2.10. The van der Waals surface area contributed by atoms with Crippen LogP contribution < -0.4 is 10.5 Å². The maximum absolute atomic E-state index is 11.7. The van der Waals surface area contributed by atoms with Gasteiger partial charge in [0.25, 0.3) is 0 Å². The van der Waals surface area contributed by atoms with Crippen LogP contribution in [0.2, 0.25) is 0 Å². The Balaban J connectivity index is 2.76. The molecule has 0 aliphatic heterocycles. The average Bonchev–Trinajstić information content (AvgIpc) is 2.30. The molecule has 0 aliphatic carbocycles. The molecule has 0 fully saturated rings. The molecule has 0 heterocycles. The molecule has 1 aromatic rings. The molecule has 18 heavy (non-hydrogen) atoms. The highest BCUT2D eigenvalue weighted by molar-refractivity contribution is 7.92. The highest BCUT2D eigenvalue weighted by atomic mass is 32.2. The third-order valence-electron chi connectivity index (χ3n) is 2.28. The standard InChI is InChI=1S/C11H16N2O4S/c1-8-3-4-9(12)10(7-8)13-18(15,16)6-5-11(14)17-2/h3-4,7,13H,5-6,12H2,1-2H3. The molecule has 6 nitrogen and oxygen atoms in total. The van der Waals surface area contributed by atoms with E-state index in [9.17, 15) is 13.2 Å². The Labute approximate surface area is 106 Å². The summed E-state index contributed by atoms with van der Waals surface area (Å²) in [4.78, 5) is 10.9. The molecule has 0 amide bonds. The van der Waals surface area contributed by atoms with Crippen LogP contribution in [0.5, 0.6) is 0 Å². The molecule has 0 unspecified atom stereocenters. The molecule has 1 aromatic carbocycles. The van der Waals surface area contributed by atoms with Gasteiger partial charge in [-0.15, -0.1) is 0 Å². The zero-order valence-corrected chi connectivity index (χ0v) is 11.1. The van der Waals surface area contributed by atoms with Gasteiger partial charge in [0, 0.05) is 0 Å². The minimum absolute atomic E-state index is 0.197. The summed E-state index contributed by atoms with van der Waals surface area (Å²) in [5.74, 6) is -0.912. The van der Waals surface area contributed by atoms with E-state index in [2.05, 4.69) is 9.46 Å². The summed E-state index contributed by atoms with van der Waals surface area (Å²) in [6.45, 7) is 1.83. The van der Waals surface area contributed by atoms with Crippen LogP contribution in [0.1, 0.15) is 12.0 Å². The first-order valence-electron chi connectivity index (χ1n) is 5.27. The number of esters is 1. The Hall–Kier alpha value is -1.76. The highest BCUT2D eigenvalue weighted by Crippen LogP contribution is 2.21. The second-order valence-electron chi connectivity index (χ2n) is 3.84. The van der Waals surface area contributed by atoms with Gasteiger partial charge in [-0.1, -0.05) is 6.07 Å². The zero-order valence-electron chi connectivity index (χ0n) is 10.3. The fourth-order valence-electron chi connectivity index (χ4n) is 1.30. The largest absolute Gasteiger partial charge is 0.469 e. The second kappa shape index (κ2) is 5.72. The average molecular weight is 272 g/mol. The number of anilines is 2. The van der Waals surface area contributed by atoms with Gasteiger partial charge < -0.3 is 10.5 Å². The van der Waals surface area contributed by atoms with Crippen LogP contribution >= 0.6 is 0 Å². The molecule has 0 aromatic heterocycles. The number of nitrogen functional groups attached to an aromatic ring is 1. The third-order valence-corrected chi connectivity index (χ3v) is 3.55. The van der Waals surface area contributed by atoms with Crippen molar-refractivity contribution in [1.82, 2.24) is 0 Å². The number of benzene rings is 1. The van der Waals surface area contributed by atoms with Crippen LogP contribution in [0.25, 0.3) is 0 Å². The fraction of sp³-hybridized carbons (Fsp3) is 0.364. The van der Waals surface area contributed by atoms with Crippen molar-refractivity contribution in [3.63, 3.8) is 0 Å². The molecule has 7 heteroatoms. The zero-order chi connectivity index (χ0) is 13.8. The predicted molar refractivity (Wildman–Crippen MR) is 69.6 cm³/mol. The molecule has 0 saturated heterocycles. The minimum Gasteiger partial charge on any atom is -0.469 e. The quantitative estimate of drug-likeness (QED) is 0.612. The predicted octanol–water partition coefficient (Wildman–Crippen LogP) is 0.882. The molecule has 3 N–H and O–H groups in total. The Morgan fingerprint density at radius 2 is 2.11 bits per heavy atom. The van der Waals surface area contributed by atoms with Gasteiger partial charge in [0.05, 0.1) is 30.7 Å². The molecule has 0 bridgehead atoms. The third kappa shape index (κ3) is 4.25. The first-order valence-corrected chi connectivity index (χ1v) is 6.93. The summed E-state index contributed by atoms with van der Waals surface area (Å²) in [6.07, 6.45) is -0.197.